The lowest BCUT2D eigenvalue weighted by Gasteiger charge is -1.83. The highest BCUT2D eigenvalue weighted by Gasteiger charge is 1.77. The number of thioether (sulfide) groups is 2. The molecular weight excluding hydrogens is 196 g/mol. The molecule has 0 amide bonds. The van der Waals surface area contributed by atoms with Crippen LogP contribution in [0.15, 0.2) is 10.2 Å². The first kappa shape index (κ1) is 13.8. The molecule has 0 aliphatic rings. The number of rotatable bonds is 0. The lowest BCUT2D eigenvalue weighted by atomic mass is 11.4. The van der Waals surface area contributed by atoms with Crippen molar-refractivity contribution in [1.29, 1.82) is 0 Å². The molecule has 0 aliphatic heterocycles. The van der Waals surface area contributed by atoms with Crippen molar-refractivity contribution >= 4 is 33.9 Å². The van der Waals surface area contributed by atoms with E-state index in [1.54, 1.807) is 0 Å². The summed E-state index contributed by atoms with van der Waals surface area (Å²) in [5, 5.41) is 7.15. The van der Waals surface area contributed by atoms with Gasteiger partial charge in [-0.2, -0.15) is 10.2 Å². The van der Waals surface area contributed by atoms with Crippen molar-refractivity contribution in [2.45, 2.75) is 0 Å². The molecule has 0 aromatic carbocycles. The van der Waals surface area contributed by atoms with Gasteiger partial charge in [0.15, 0.2) is 10.3 Å². The van der Waals surface area contributed by atoms with Gasteiger partial charge in [-0.3, -0.25) is 0 Å². The van der Waals surface area contributed by atoms with E-state index in [2.05, 4.69) is 10.2 Å². The molecule has 0 fully saturated rings. The molecule has 0 aromatic heterocycles. The van der Waals surface area contributed by atoms with Crippen molar-refractivity contribution < 1.29 is 0 Å². The Morgan fingerprint density at radius 2 is 1.17 bits per heavy atom. The molecule has 0 rings (SSSR count). The molecule has 72 valence electrons. The summed E-state index contributed by atoms with van der Waals surface area (Å²) in [6.45, 7) is 0. The molecule has 0 atom stereocenters. The number of amidine groups is 2. The topological polar surface area (TPSA) is 129 Å². The molecule has 0 aromatic rings. The summed E-state index contributed by atoms with van der Waals surface area (Å²) >= 11 is 2.66. The zero-order valence-corrected chi connectivity index (χ0v) is 8.65. The predicted molar refractivity (Wildman–Crippen MR) is 58.6 cm³/mol. The van der Waals surface area contributed by atoms with E-state index in [-0.39, 0.29) is 0 Å². The Kier molecular flexibility index (Phi) is 11.8. The highest BCUT2D eigenvalue weighted by Crippen LogP contribution is 1.86. The summed E-state index contributed by atoms with van der Waals surface area (Å²) < 4.78 is 0. The van der Waals surface area contributed by atoms with Gasteiger partial charge in [-0.05, 0) is 12.5 Å². The minimum atomic E-state index is 0.412. The second-order valence-electron chi connectivity index (χ2n) is 1.34. The quantitative estimate of drug-likeness (QED) is 0.177. The van der Waals surface area contributed by atoms with Crippen LogP contribution >= 0.6 is 23.5 Å². The molecule has 0 unspecified atom stereocenters. The van der Waals surface area contributed by atoms with Crippen LogP contribution in [0.5, 0.6) is 0 Å². The van der Waals surface area contributed by atoms with E-state index in [1.165, 1.54) is 23.5 Å². The lowest BCUT2D eigenvalue weighted by molar-refractivity contribution is 1.25. The Hall–Kier alpha value is -0.760. The van der Waals surface area contributed by atoms with Crippen molar-refractivity contribution in [3.63, 3.8) is 0 Å². The molecule has 8 heteroatoms. The molecule has 0 spiro atoms. The number of hydrazone groups is 2. The van der Waals surface area contributed by atoms with Gasteiger partial charge in [-0.1, -0.05) is 23.5 Å². The molecule has 6 nitrogen and oxygen atoms in total. The van der Waals surface area contributed by atoms with Crippen LogP contribution in [-0.2, 0) is 0 Å². The predicted octanol–water partition coefficient (Wildman–Crippen LogP) is -0.924. The van der Waals surface area contributed by atoms with Gasteiger partial charge in [-0.15, -0.1) is 0 Å². The summed E-state index contributed by atoms with van der Waals surface area (Å²) in [6.07, 6.45) is 3.62. The minimum absolute atomic E-state index is 0.412. The average Bonchev–Trinajstić information content (AvgIpc) is 2.16. The van der Waals surface area contributed by atoms with Crippen molar-refractivity contribution in [2.24, 2.45) is 33.4 Å². The largest absolute Gasteiger partial charge is 0.377 e. The summed E-state index contributed by atoms with van der Waals surface area (Å²) in [5.74, 6) is 9.45. The molecule has 0 heterocycles. The van der Waals surface area contributed by atoms with Gasteiger partial charge in [0, 0.05) is 0 Å². The monoisotopic (exact) mass is 210 g/mol. The number of hydrogen-bond donors (Lipinski definition) is 4. The molecule has 0 saturated carbocycles. The fourth-order valence-electron chi connectivity index (χ4n) is 0.105. The zero-order chi connectivity index (χ0) is 9.98. The SMILES string of the molecule is CSC(N)=NN.CSC(N)=NN. The number of hydrogen-bond acceptors (Lipinski definition) is 6. The van der Waals surface area contributed by atoms with Crippen LogP contribution in [0, 0.1) is 0 Å². The highest BCUT2D eigenvalue weighted by atomic mass is 32.2. The van der Waals surface area contributed by atoms with Crippen LogP contribution in [0.4, 0.5) is 0 Å². The van der Waals surface area contributed by atoms with Crippen molar-refractivity contribution in [1.82, 2.24) is 0 Å². The van der Waals surface area contributed by atoms with Gasteiger partial charge >= 0.3 is 0 Å². The van der Waals surface area contributed by atoms with Gasteiger partial charge in [-0.25, -0.2) is 0 Å². The molecule has 8 N–H and O–H groups in total. The van der Waals surface area contributed by atoms with Crippen LogP contribution < -0.4 is 23.2 Å². The van der Waals surface area contributed by atoms with Crippen molar-refractivity contribution in [2.75, 3.05) is 12.5 Å². The Labute approximate surface area is 80.2 Å². The Morgan fingerprint density at radius 1 is 0.917 bits per heavy atom. The third kappa shape index (κ3) is 12.0. The Balaban J connectivity index is 0. The summed E-state index contributed by atoms with van der Waals surface area (Å²) in [7, 11) is 0. The smallest absolute Gasteiger partial charge is 0.177 e. The molecule has 0 radical (unpaired) electrons. The molecule has 12 heavy (non-hydrogen) atoms. The maximum atomic E-state index is 5.06. The normalized spacial score (nSPS) is 11.8. The lowest BCUT2D eigenvalue weighted by Crippen LogP contribution is -2.07. The third-order valence-electron chi connectivity index (χ3n) is 0.673. The fourth-order valence-corrected chi connectivity index (χ4v) is 0.316. The summed E-state index contributed by atoms with van der Waals surface area (Å²) in [5.41, 5.74) is 10.1. The molecule has 0 bridgehead atoms. The van der Waals surface area contributed by atoms with E-state index in [1.807, 2.05) is 12.5 Å². The number of nitrogens with zero attached hydrogens (tertiary/aromatic N) is 2. The van der Waals surface area contributed by atoms with Gasteiger partial charge in [0.2, 0.25) is 0 Å². The first-order valence-corrected chi connectivity index (χ1v) is 5.22. The molecular formula is C4H14N6S2. The summed E-state index contributed by atoms with van der Waals surface area (Å²) in [4.78, 5) is 0. The maximum absolute atomic E-state index is 5.06. The Bertz CT molecular complexity index is 138. The Morgan fingerprint density at radius 3 is 1.17 bits per heavy atom. The average molecular weight is 210 g/mol. The van der Waals surface area contributed by atoms with E-state index >= 15 is 0 Å². The van der Waals surface area contributed by atoms with Gasteiger partial charge in [0.05, 0.1) is 0 Å². The third-order valence-corrected chi connectivity index (χ3v) is 1.72. The fraction of sp³-hybridized carbons (Fsp3) is 0.500. The van der Waals surface area contributed by atoms with Crippen molar-refractivity contribution in [3.8, 4) is 0 Å². The van der Waals surface area contributed by atoms with E-state index in [4.69, 9.17) is 23.2 Å². The van der Waals surface area contributed by atoms with E-state index in [0.717, 1.165) is 0 Å². The van der Waals surface area contributed by atoms with Crippen LogP contribution in [0.2, 0.25) is 0 Å². The first-order chi connectivity index (χ1) is 5.62. The van der Waals surface area contributed by atoms with Gasteiger partial charge < -0.3 is 23.2 Å². The van der Waals surface area contributed by atoms with Crippen molar-refractivity contribution in [3.05, 3.63) is 0 Å². The van der Waals surface area contributed by atoms with E-state index in [0.29, 0.717) is 10.3 Å². The second-order valence-corrected chi connectivity index (χ2v) is 3.00. The van der Waals surface area contributed by atoms with Crippen LogP contribution in [0.3, 0.4) is 0 Å². The highest BCUT2D eigenvalue weighted by molar-refractivity contribution is 8.13. The minimum Gasteiger partial charge on any atom is -0.377 e. The van der Waals surface area contributed by atoms with Gasteiger partial charge in [0.1, 0.15) is 0 Å². The van der Waals surface area contributed by atoms with Crippen LogP contribution in [-0.4, -0.2) is 22.8 Å². The number of nitrogens with two attached hydrogens (primary N) is 4. The molecule has 0 aliphatic carbocycles. The van der Waals surface area contributed by atoms with E-state index in [9.17, 15) is 0 Å². The maximum Gasteiger partial charge on any atom is 0.177 e. The summed E-state index contributed by atoms with van der Waals surface area (Å²) in [6, 6.07) is 0. The zero-order valence-electron chi connectivity index (χ0n) is 7.02. The van der Waals surface area contributed by atoms with Crippen LogP contribution in [0.25, 0.3) is 0 Å². The first-order valence-electron chi connectivity index (χ1n) is 2.77. The van der Waals surface area contributed by atoms with Crippen LogP contribution in [0.1, 0.15) is 0 Å². The second kappa shape index (κ2) is 10.2. The molecule has 0 saturated heterocycles. The van der Waals surface area contributed by atoms with Gasteiger partial charge in [0.25, 0.3) is 0 Å². The standard InChI is InChI=1S/2C2H7N3S/c2*1-6-2(3)5-4/h2*4H2,1H3,(H2,3,5). The van der Waals surface area contributed by atoms with E-state index < -0.39 is 0 Å².